The zero-order chi connectivity index (χ0) is 13.3. The number of nitrogens with one attached hydrogen (secondary N) is 1. The Balaban J connectivity index is 2.49. The summed E-state index contributed by atoms with van der Waals surface area (Å²) >= 11 is 0. The highest BCUT2D eigenvalue weighted by Gasteiger charge is 2.34. The lowest BCUT2D eigenvalue weighted by molar-refractivity contribution is 0.251. The maximum absolute atomic E-state index is 5.81. The Bertz CT molecular complexity index is 420. The van der Waals surface area contributed by atoms with E-state index in [-0.39, 0.29) is 5.41 Å². The molecule has 0 saturated heterocycles. The molecule has 2 heteroatoms. The molecule has 1 aliphatic rings. The van der Waals surface area contributed by atoms with Crippen LogP contribution in [0, 0.1) is 5.41 Å². The van der Waals surface area contributed by atoms with Gasteiger partial charge in [-0.2, -0.15) is 0 Å². The molecule has 1 aromatic carbocycles. The van der Waals surface area contributed by atoms with Crippen LogP contribution in [-0.4, -0.2) is 13.2 Å². The van der Waals surface area contributed by atoms with Crippen LogP contribution >= 0.6 is 0 Å². The van der Waals surface area contributed by atoms with Crippen molar-refractivity contribution in [2.24, 2.45) is 5.41 Å². The summed E-state index contributed by atoms with van der Waals surface area (Å²) in [6, 6.07) is 6.87. The van der Waals surface area contributed by atoms with Crippen LogP contribution in [0.15, 0.2) is 18.2 Å². The molecule has 1 aliphatic heterocycles. The molecule has 0 amide bonds. The lowest BCUT2D eigenvalue weighted by atomic mass is 9.76. The molecule has 2 nitrogen and oxygen atoms in total. The van der Waals surface area contributed by atoms with E-state index in [4.69, 9.17) is 4.74 Å². The van der Waals surface area contributed by atoms with Gasteiger partial charge in [0, 0.05) is 18.2 Å². The molecule has 2 rings (SSSR count). The van der Waals surface area contributed by atoms with E-state index in [1.54, 1.807) is 0 Å². The maximum Gasteiger partial charge on any atom is 0.123 e. The normalized spacial score (nSPS) is 23.6. The van der Waals surface area contributed by atoms with Gasteiger partial charge in [0.05, 0.1) is 6.61 Å². The Hall–Kier alpha value is -1.02. The van der Waals surface area contributed by atoms with E-state index < -0.39 is 0 Å². The molecular weight excluding hydrogens is 222 g/mol. The van der Waals surface area contributed by atoms with E-state index in [0.29, 0.717) is 12.0 Å². The molecule has 0 bridgehead atoms. The molecule has 0 saturated carbocycles. The van der Waals surface area contributed by atoms with Gasteiger partial charge in [-0.15, -0.1) is 0 Å². The van der Waals surface area contributed by atoms with Crippen molar-refractivity contribution in [3.63, 3.8) is 0 Å². The van der Waals surface area contributed by atoms with Crippen LogP contribution in [0.4, 0.5) is 0 Å². The average Bonchev–Trinajstić information content (AvgIpc) is 2.28. The highest BCUT2D eigenvalue weighted by Crippen LogP contribution is 2.43. The third-order valence-electron chi connectivity index (χ3n) is 3.70. The standard InChI is InChI=1S/C16H25NO/c1-6-18-13-9-7-8-12-14(13)11(2)10-17-15(12)16(3,4)5/h7-9,11,15,17H,6,10H2,1-5H3. The van der Waals surface area contributed by atoms with E-state index in [0.717, 1.165) is 18.9 Å². The predicted octanol–water partition coefficient (Wildman–Crippen LogP) is 3.88. The van der Waals surface area contributed by atoms with Crippen molar-refractivity contribution in [3.05, 3.63) is 29.3 Å². The van der Waals surface area contributed by atoms with Crippen molar-refractivity contribution in [3.8, 4) is 5.75 Å². The fourth-order valence-electron chi connectivity index (χ4n) is 2.90. The molecule has 2 atom stereocenters. The van der Waals surface area contributed by atoms with E-state index in [9.17, 15) is 0 Å². The second-order valence-electron chi connectivity index (χ2n) is 6.30. The number of benzene rings is 1. The first-order valence-electron chi connectivity index (χ1n) is 6.94. The summed E-state index contributed by atoms with van der Waals surface area (Å²) in [4.78, 5) is 0. The molecule has 1 aromatic rings. The largest absolute Gasteiger partial charge is 0.494 e. The Morgan fingerprint density at radius 1 is 1.33 bits per heavy atom. The average molecular weight is 247 g/mol. The van der Waals surface area contributed by atoms with E-state index in [1.807, 2.05) is 6.92 Å². The van der Waals surface area contributed by atoms with Crippen LogP contribution in [-0.2, 0) is 0 Å². The van der Waals surface area contributed by atoms with Crippen LogP contribution in [0.1, 0.15) is 57.7 Å². The van der Waals surface area contributed by atoms with Crippen LogP contribution < -0.4 is 10.1 Å². The van der Waals surface area contributed by atoms with E-state index in [1.165, 1.54) is 11.1 Å². The zero-order valence-electron chi connectivity index (χ0n) is 12.2. The fraction of sp³-hybridized carbons (Fsp3) is 0.625. The third kappa shape index (κ3) is 2.39. The van der Waals surface area contributed by atoms with Gasteiger partial charge >= 0.3 is 0 Å². The molecule has 0 aromatic heterocycles. The smallest absolute Gasteiger partial charge is 0.123 e. The number of hydrogen-bond acceptors (Lipinski definition) is 2. The molecule has 0 radical (unpaired) electrons. The first kappa shape index (κ1) is 13.4. The molecule has 1 N–H and O–H groups in total. The second kappa shape index (κ2) is 4.93. The van der Waals surface area contributed by atoms with Crippen LogP contribution in [0.25, 0.3) is 0 Å². The van der Waals surface area contributed by atoms with Crippen molar-refractivity contribution in [1.82, 2.24) is 5.32 Å². The van der Waals surface area contributed by atoms with Gasteiger partial charge in [-0.25, -0.2) is 0 Å². The maximum atomic E-state index is 5.81. The molecule has 0 fully saturated rings. The highest BCUT2D eigenvalue weighted by molar-refractivity contribution is 5.46. The quantitative estimate of drug-likeness (QED) is 0.856. The molecule has 0 spiro atoms. The Kier molecular flexibility index (Phi) is 3.67. The summed E-state index contributed by atoms with van der Waals surface area (Å²) in [7, 11) is 0. The van der Waals surface area contributed by atoms with Crippen LogP contribution in [0.3, 0.4) is 0 Å². The minimum absolute atomic E-state index is 0.222. The zero-order valence-corrected chi connectivity index (χ0v) is 12.2. The van der Waals surface area contributed by atoms with E-state index in [2.05, 4.69) is 51.2 Å². The number of rotatable bonds is 2. The minimum atomic E-state index is 0.222. The van der Waals surface area contributed by atoms with Crippen molar-refractivity contribution in [2.75, 3.05) is 13.2 Å². The summed E-state index contributed by atoms with van der Waals surface area (Å²) < 4.78 is 5.81. The third-order valence-corrected chi connectivity index (χ3v) is 3.70. The Morgan fingerprint density at radius 3 is 2.67 bits per heavy atom. The van der Waals surface area contributed by atoms with Gasteiger partial charge in [0.15, 0.2) is 0 Å². The monoisotopic (exact) mass is 247 g/mol. The molecule has 0 aliphatic carbocycles. The molecular formula is C16H25NO. The Morgan fingerprint density at radius 2 is 2.06 bits per heavy atom. The van der Waals surface area contributed by atoms with Gasteiger partial charge in [0.25, 0.3) is 0 Å². The lowest BCUT2D eigenvalue weighted by Crippen LogP contribution is -2.39. The summed E-state index contributed by atoms with van der Waals surface area (Å²) in [5.41, 5.74) is 3.03. The van der Waals surface area contributed by atoms with Crippen molar-refractivity contribution >= 4 is 0 Å². The molecule has 2 unspecified atom stereocenters. The SMILES string of the molecule is CCOc1cccc2c1C(C)CNC2C(C)(C)C. The topological polar surface area (TPSA) is 21.3 Å². The fourth-order valence-corrected chi connectivity index (χ4v) is 2.90. The number of fused-ring (bicyclic) bond motifs is 1. The molecule has 18 heavy (non-hydrogen) atoms. The summed E-state index contributed by atoms with van der Waals surface area (Å²) in [5, 5.41) is 3.68. The summed E-state index contributed by atoms with van der Waals surface area (Å²) in [5.74, 6) is 1.58. The second-order valence-corrected chi connectivity index (χ2v) is 6.30. The van der Waals surface area contributed by atoms with E-state index >= 15 is 0 Å². The van der Waals surface area contributed by atoms with Crippen LogP contribution in [0.2, 0.25) is 0 Å². The lowest BCUT2D eigenvalue weighted by Gasteiger charge is -2.39. The van der Waals surface area contributed by atoms with Crippen molar-refractivity contribution < 1.29 is 4.74 Å². The van der Waals surface area contributed by atoms with Crippen LogP contribution in [0.5, 0.6) is 5.75 Å². The first-order valence-corrected chi connectivity index (χ1v) is 6.94. The molecule has 1 heterocycles. The van der Waals surface area contributed by atoms with Gasteiger partial charge in [-0.1, -0.05) is 39.8 Å². The van der Waals surface area contributed by atoms with Gasteiger partial charge in [0.1, 0.15) is 5.75 Å². The minimum Gasteiger partial charge on any atom is -0.494 e. The van der Waals surface area contributed by atoms with Crippen molar-refractivity contribution in [1.29, 1.82) is 0 Å². The van der Waals surface area contributed by atoms with Gasteiger partial charge in [0.2, 0.25) is 0 Å². The number of ether oxygens (including phenoxy) is 1. The summed E-state index contributed by atoms with van der Waals surface area (Å²) in [6.07, 6.45) is 0. The first-order chi connectivity index (χ1) is 8.45. The molecule has 100 valence electrons. The summed E-state index contributed by atoms with van der Waals surface area (Å²) in [6.45, 7) is 12.9. The van der Waals surface area contributed by atoms with Gasteiger partial charge in [-0.3, -0.25) is 0 Å². The van der Waals surface area contributed by atoms with Gasteiger partial charge < -0.3 is 10.1 Å². The highest BCUT2D eigenvalue weighted by atomic mass is 16.5. The number of hydrogen-bond donors (Lipinski definition) is 1. The Labute approximate surface area is 111 Å². The predicted molar refractivity (Wildman–Crippen MR) is 76.2 cm³/mol. The van der Waals surface area contributed by atoms with Crippen molar-refractivity contribution in [2.45, 2.75) is 46.6 Å². The van der Waals surface area contributed by atoms with Gasteiger partial charge in [-0.05, 0) is 29.9 Å².